The summed E-state index contributed by atoms with van der Waals surface area (Å²) in [7, 11) is -9.10. The molecule has 0 heterocycles. The molecule has 2 unspecified atom stereocenters. The van der Waals surface area contributed by atoms with Crippen LogP contribution in [0.25, 0.3) is 0 Å². The summed E-state index contributed by atoms with van der Waals surface area (Å²) in [6.07, 6.45) is -8.35. The average molecular weight is 573 g/mol. The number of hydrogen-bond acceptors (Lipinski definition) is 5. The molecule has 2 aromatic rings. The van der Waals surface area contributed by atoms with Crippen LogP contribution in [0.4, 0.5) is 26.3 Å². The second kappa shape index (κ2) is 10.3. The lowest BCUT2D eigenvalue weighted by Crippen LogP contribution is -2.56. The Morgan fingerprint density at radius 1 is 0.784 bits per heavy atom. The Labute approximate surface area is 209 Å². The van der Waals surface area contributed by atoms with Gasteiger partial charge in [0.2, 0.25) is 15.9 Å². The van der Waals surface area contributed by atoms with Crippen molar-refractivity contribution in [3.05, 3.63) is 59.7 Å². The number of benzene rings is 2. The van der Waals surface area contributed by atoms with E-state index in [2.05, 4.69) is 4.72 Å². The molecule has 1 saturated carbocycles. The van der Waals surface area contributed by atoms with Gasteiger partial charge in [-0.1, -0.05) is 12.8 Å². The lowest BCUT2D eigenvalue weighted by Gasteiger charge is -2.38. The van der Waals surface area contributed by atoms with Gasteiger partial charge in [0, 0.05) is 13.0 Å². The van der Waals surface area contributed by atoms with Crippen LogP contribution >= 0.6 is 0 Å². The third-order valence-corrected chi connectivity index (χ3v) is 9.30. The summed E-state index contributed by atoms with van der Waals surface area (Å²) in [5.41, 5.74) is -2.16. The van der Waals surface area contributed by atoms with E-state index < -0.39 is 71.3 Å². The van der Waals surface area contributed by atoms with Crippen molar-refractivity contribution in [1.29, 1.82) is 0 Å². The zero-order valence-electron chi connectivity index (χ0n) is 19.2. The standard InChI is InChI=1S/C22H22F6N2O5S2/c1-14(31)30(37(34,35)18-12-8-16(9-13-18)22(26,27)28)20-5-3-2-4-19(20)29-36(32,33)17-10-6-15(7-11-17)21(23,24)25/h6-13,19-20,29H,2-5H2,1H3. The Balaban J connectivity index is 1.93. The number of carbonyl (C=O) groups excluding carboxylic acids is 1. The normalized spacial score (nSPS) is 19.4. The van der Waals surface area contributed by atoms with Crippen molar-refractivity contribution in [3.63, 3.8) is 0 Å². The Morgan fingerprint density at radius 3 is 1.65 bits per heavy atom. The molecule has 0 spiro atoms. The van der Waals surface area contributed by atoms with E-state index in [9.17, 15) is 48.0 Å². The lowest BCUT2D eigenvalue weighted by atomic mass is 9.91. The average Bonchev–Trinajstić information content (AvgIpc) is 2.79. The number of halogens is 6. The Bertz CT molecular complexity index is 1340. The summed E-state index contributed by atoms with van der Waals surface area (Å²) in [6.45, 7) is 0.928. The maximum Gasteiger partial charge on any atom is 0.416 e. The van der Waals surface area contributed by atoms with Crippen LogP contribution in [0.2, 0.25) is 0 Å². The maximum atomic E-state index is 13.3. The summed E-state index contributed by atoms with van der Waals surface area (Å²) in [6, 6.07) is 2.85. The number of rotatable bonds is 6. The highest BCUT2D eigenvalue weighted by Crippen LogP contribution is 2.33. The third-order valence-electron chi connectivity index (χ3n) is 5.88. The zero-order chi connectivity index (χ0) is 27.8. The molecular weight excluding hydrogens is 550 g/mol. The highest BCUT2D eigenvalue weighted by Gasteiger charge is 2.41. The van der Waals surface area contributed by atoms with Gasteiger partial charge in [0.05, 0.1) is 27.0 Å². The Morgan fingerprint density at radius 2 is 1.22 bits per heavy atom. The highest BCUT2D eigenvalue weighted by molar-refractivity contribution is 7.90. The molecule has 1 fully saturated rings. The molecule has 0 aromatic heterocycles. The van der Waals surface area contributed by atoms with E-state index in [0.717, 1.165) is 19.1 Å². The van der Waals surface area contributed by atoms with Crippen molar-refractivity contribution in [3.8, 4) is 0 Å². The number of alkyl halides is 6. The maximum absolute atomic E-state index is 13.3. The van der Waals surface area contributed by atoms with Gasteiger partial charge in [0.15, 0.2) is 0 Å². The Hall–Kier alpha value is -2.65. The van der Waals surface area contributed by atoms with Crippen molar-refractivity contribution >= 4 is 26.0 Å². The third kappa shape index (κ3) is 6.44. The van der Waals surface area contributed by atoms with E-state index in [1.54, 1.807) is 0 Å². The van der Waals surface area contributed by atoms with Gasteiger partial charge < -0.3 is 0 Å². The van der Waals surface area contributed by atoms with Crippen molar-refractivity contribution in [2.75, 3.05) is 0 Å². The van der Waals surface area contributed by atoms with Gasteiger partial charge in [0.25, 0.3) is 10.0 Å². The summed E-state index contributed by atoms with van der Waals surface area (Å²) in [4.78, 5) is 11.4. The summed E-state index contributed by atoms with van der Waals surface area (Å²) in [5, 5.41) is 0. The molecular formula is C22H22F6N2O5S2. The second-order valence-corrected chi connectivity index (χ2v) is 12.0. The molecule has 2 atom stereocenters. The van der Waals surface area contributed by atoms with Crippen LogP contribution in [-0.2, 0) is 37.2 Å². The number of nitrogens with zero attached hydrogens (tertiary/aromatic N) is 1. The highest BCUT2D eigenvalue weighted by atomic mass is 32.2. The predicted octanol–water partition coefficient (Wildman–Crippen LogP) is 4.55. The van der Waals surface area contributed by atoms with E-state index in [4.69, 9.17) is 0 Å². The minimum atomic E-state index is -4.71. The quantitative estimate of drug-likeness (QED) is 0.512. The van der Waals surface area contributed by atoms with Crippen LogP contribution < -0.4 is 4.72 Å². The minimum Gasteiger partial charge on any atom is -0.274 e. The topological polar surface area (TPSA) is 101 Å². The molecule has 37 heavy (non-hydrogen) atoms. The molecule has 0 aliphatic heterocycles. The van der Waals surface area contributed by atoms with E-state index in [-0.39, 0.29) is 12.8 Å². The van der Waals surface area contributed by atoms with Crippen LogP contribution in [0, 0.1) is 0 Å². The first-order chi connectivity index (χ1) is 16.9. The fraction of sp³-hybridized carbons (Fsp3) is 0.409. The van der Waals surface area contributed by atoms with E-state index >= 15 is 0 Å². The molecule has 1 aliphatic carbocycles. The number of amides is 1. The van der Waals surface area contributed by atoms with E-state index in [0.29, 0.717) is 53.5 Å². The predicted molar refractivity (Wildman–Crippen MR) is 119 cm³/mol. The van der Waals surface area contributed by atoms with Crippen LogP contribution in [0.1, 0.15) is 43.7 Å². The summed E-state index contributed by atoms with van der Waals surface area (Å²) < 4.78 is 132. The monoisotopic (exact) mass is 572 g/mol. The van der Waals surface area contributed by atoms with Crippen molar-refractivity contribution in [2.24, 2.45) is 0 Å². The number of nitrogens with one attached hydrogen (secondary N) is 1. The van der Waals surface area contributed by atoms with Crippen molar-refractivity contribution in [1.82, 2.24) is 9.03 Å². The molecule has 0 bridgehead atoms. The first-order valence-electron chi connectivity index (χ1n) is 10.9. The van der Waals surface area contributed by atoms with Crippen molar-refractivity contribution < 1.29 is 48.0 Å². The van der Waals surface area contributed by atoms with Crippen LogP contribution in [-0.4, -0.2) is 39.1 Å². The number of carbonyl (C=O) groups is 1. The number of hydrogen-bond donors (Lipinski definition) is 1. The van der Waals surface area contributed by atoms with Gasteiger partial charge in [-0.2, -0.15) is 26.3 Å². The molecule has 0 saturated heterocycles. The van der Waals surface area contributed by atoms with E-state index in [1.807, 2.05) is 0 Å². The smallest absolute Gasteiger partial charge is 0.274 e. The van der Waals surface area contributed by atoms with Crippen LogP contribution in [0.15, 0.2) is 58.3 Å². The van der Waals surface area contributed by atoms with Gasteiger partial charge in [-0.3, -0.25) is 4.79 Å². The summed E-state index contributed by atoms with van der Waals surface area (Å²) >= 11 is 0. The largest absolute Gasteiger partial charge is 0.416 e. The number of sulfonamides is 2. The van der Waals surface area contributed by atoms with Crippen LogP contribution in [0.5, 0.6) is 0 Å². The van der Waals surface area contributed by atoms with Gasteiger partial charge in [-0.15, -0.1) is 0 Å². The van der Waals surface area contributed by atoms with Gasteiger partial charge >= 0.3 is 12.4 Å². The fourth-order valence-electron chi connectivity index (χ4n) is 4.13. The van der Waals surface area contributed by atoms with Crippen LogP contribution in [0.3, 0.4) is 0 Å². The minimum absolute atomic E-state index is 0.0552. The first-order valence-corrected chi connectivity index (χ1v) is 13.8. The van der Waals surface area contributed by atoms with Gasteiger partial charge in [-0.05, 0) is 61.4 Å². The fourth-order valence-corrected chi connectivity index (χ4v) is 7.09. The lowest BCUT2D eigenvalue weighted by molar-refractivity contribution is -0.138. The molecule has 15 heteroatoms. The molecule has 3 rings (SSSR count). The molecule has 0 radical (unpaired) electrons. The summed E-state index contributed by atoms with van der Waals surface area (Å²) in [5.74, 6) is -0.981. The molecule has 7 nitrogen and oxygen atoms in total. The molecule has 2 aromatic carbocycles. The van der Waals surface area contributed by atoms with Crippen molar-refractivity contribution in [2.45, 2.75) is 66.8 Å². The zero-order valence-corrected chi connectivity index (χ0v) is 20.8. The molecule has 1 amide bonds. The second-order valence-electron chi connectivity index (χ2n) is 8.44. The molecule has 204 valence electrons. The SMILES string of the molecule is CC(=O)N(C1CCCCC1NS(=O)(=O)c1ccc(C(F)(F)F)cc1)S(=O)(=O)c1ccc(C(F)(F)F)cc1. The van der Waals surface area contributed by atoms with Gasteiger partial charge in [-0.25, -0.2) is 25.9 Å². The first kappa shape index (κ1) is 28.9. The Kier molecular flexibility index (Phi) is 8.01. The molecule has 1 N–H and O–H groups in total. The molecule has 1 aliphatic rings. The van der Waals surface area contributed by atoms with E-state index in [1.165, 1.54) is 0 Å². The van der Waals surface area contributed by atoms with Gasteiger partial charge in [0.1, 0.15) is 0 Å².